The van der Waals surface area contributed by atoms with Crippen LogP contribution in [-0.4, -0.2) is 42.5 Å². The molecule has 6 nitrogen and oxygen atoms in total. The van der Waals surface area contributed by atoms with Gasteiger partial charge in [-0.3, -0.25) is 4.79 Å². The van der Waals surface area contributed by atoms with Crippen molar-refractivity contribution >= 4 is 16.0 Å². The summed E-state index contributed by atoms with van der Waals surface area (Å²) in [6.07, 6.45) is -1.02. The van der Waals surface area contributed by atoms with Gasteiger partial charge >= 0.3 is 5.97 Å². The second-order valence-corrected chi connectivity index (χ2v) is 6.10. The number of carbonyl (C=O) groups is 1. The molecule has 0 saturated heterocycles. The van der Waals surface area contributed by atoms with Gasteiger partial charge in [-0.15, -0.1) is 0 Å². The lowest BCUT2D eigenvalue weighted by Gasteiger charge is -2.17. The van der Waals surface area contributed by atoms with Crippen LogP contribution in [0.25, 0.3) is 0 Å². The molecule has 0 aliphatic heterocycles. The summed E-state index contributed by atoms with van der Waals surface area (Å²) in [5.74, 6) is -1.63. The third-order valence-corrected chi connectivity index (χ3v) is 3.91. The van der Waals surface area contributed by atoms with Crippen LogP contribution in [-0.2, 0) is 21.2 Å². The molecule has 0 radical (unpaired) electrons. The zero-order chi connectivity index (χ0) is 14.5. The Morgan fingerprint density at radius 1 is 1.32 bits per heavy atom. The van der Waals surface area contributed by atoms with Crippen molar-refractivity contribution in [3.05, 3.63) is 35.9 Å². The van der Waals surface area contributed by atoms with Crippen LogP contribution in [0.5, 0.6) is 0 Å². The quantitative estimate of drug-likeness (QED) is 0.654. The van der Waals surface area contributed by atoms with Crippen LogP contribution < -0.4 is 4.72 Å². The van der Waals surface area contributed by atoms with Gasteiger partial charge in [0.05, 0.1) is 11.9 Å². The number of aliphatic carboxylic acids is 1. The third-order valence-electron chi connectivity index (χ3n) is 2.56. The van der Waals surface area contributed by atoms with E-state index < -0.39 is 28.1 Å². The predicted molar refractivity (Wildman–Crippen MR) is 70.2 cm³/mol. The van der Waals surface area contributed by atoms with Crippen LogP contribution in [0.2, 0.25) is 0 Å². The van der Waals surface area contributed by atoms with Gasteiger partial charge in [0.25, 0.3) is 0 Å². The summed E-state index contributed by atoms with van der Waals surface area (Å²) in [5, 5.41) is 18.0. The van der Waals surface area contributed by atoms with Gasteiger partial charge < -0.3 is 10.2 Å². The average Bonchev–Trinajstić information content (AvgIpc) is 2.34. The Kier molecular flexibility index (Phi) is 5.46. The Bertz CT molecular complexity index is 512. The van der Waals surface area contributed by atoms with E-state index in [-0.39, 0.29) is 12.2 Å². The summed E-state index contributed by atoms with van der Waals surface area (Å²) in [7, 11) is -3.76. The second kappa shape index (κ2) is 6.65. The molecule has 0 bridgehead atoms. The maximum absolute atomic E-state index is 11.7. The minimum Gasteiger partial charge on any atom is -0.480 e. The number of sulfonamides is 1. The summed E-state index contributed by atoms with van der Waals surface area (Å²) in [5.41, 5.74) is 0.844. The summed E-state index contributed by atoms with van der Waals surface area (Å²) in [6.45, 7) is 1.22. The van der Waals surface area contributed by atoms with Crippen molar-refractivity contribution < 1.29 is 23.4 Å². The molecule has 0 aliphatic rings. The Hall–Kier alpha value is -1.44. The number of benzene rings is 1. The van der Waals surface area contributed by atoms with Crippen LogP contribution >= 0.6 is 0 Å². The number of carboxylic acid groups (broad SMARTS) is 1. The summed E-state index contributed by atoms with van der Waals surface area (Å²) in [6, 6.07) is 7.47. The molecule has 0 heterocycles. The van der Waals surface area contributed by atoms with Gasteiger partial charge in [0.1, 0.15) is 6.04 Å². The van der Waals surface area contributed by atoms with Crippen molar-refractivity contribution in [3.8, 4) is 0 Å². The predicted octanol–water partition coefficient (Wildman–Crippen LogP) is -0.0175. The SMILES string of the molecule is C[C@H](O)[C@H](NS(=O)(=O)CCc1ccccc1)C(=O)O. The van der Waals surface area contributed by atoms with E-state index in [1.165, 1.54) is 6.92 Å². The average molecular weight is 287 g/mol. The molecule has 106 valence electrons. The van der Waals surface area contributed by atoms with Crippen LogP contribution in [0, 0.1) is 0 Å². The largest absolute Gasteiger partial charge is 0.480 e. The maximum Gasteiger partial charge on any atom is 0.324 e. The molecule has 3 N–H and O–H groups in total. The third kappa shape index (κ3) is 5.37. The Labute approximate surface area is 112 Å². The van der Waals surface area contributed by atoms with Gasteiger partial charge in [0, 0.05) is 0 Å². The van der Waals surface area contributed by atoms with Crippen LogP contribution in [0.1, 0.15) is 12.5 Å². The minimum absolute atomic E-state index is 0.229. The highest BCUT2D eigenvalue weighted by atomic mass is 32.2. The van der Waals surface area contributed by atoms with E-state index in [2.05, 4.69) is 0 Å². The fourth-order valence-electron chi connectivity index (χ4n) is 1.50. The molecule has 19 heavy (non-hydrogen) atoms. The molecule has 0 aliphatic carbocycles. The van der Waals surface area contributed by atoms with Crippen molar-refractivity contribution in [3.63, 3.8) is 0 Å². The lowest BCUT2D eigenvalue weighted by atomic mass is 10.2. The number of nitrogens with one attached hydrogen (secondary N) is 1. The molecule has 1 aromatic carbocycles. The van der Waals surface area contributed by atoms with E-state index in [1.54, 1.807) is 24.3 Å². The molecular formula is C12H17NO5S. The Morgan fingerprint density at radius 2 is 1.89 bits per heavy atom. The number of rotatable bonds is 7. The van der Waals surface area contributed by atoms with Gasteiger partial charge in [-0.05, 0) is 18.9 Å². The number of aliphatic hydroxyl groups is 1. The maximum atomic E-state index is 11.7. The Balaban J connectivity index is 2.64. The molecule has 0 unspecified atom stereocenters. The highest BCUT2D eigenvalue weighted by molar-refractivity contribution is 7.89. The van der Waals surface area contributed by atoms with E-state index in [4.69, 9.17) is 5.11 Å². The lowest BCUT2D eigenvalue weighted by molar-refractivity contribution is -0.141. The van der Waals surface area contributed by atoms with E-state index in [0.29, 0.717) is 0 Å². The van der Waals surface area contributed by atoms with E-state index in [1.807, 2.05) is 10.8 Å². The lowest BCUT2D eigenvalue weighted by Crippen LogP contribution is -2.48. The highest BCUT2D eigenvalue weighted by Gasteiger charge is 2.27. The van der Waals surface area contributed by atoms with Crippen molar-refractivity contribution in [2.24, 2.45) is 0 Å². The van der Waals surface area contributed by atoms with Gasteiger partial charge in [-0.1, -0.05) is 30.3 Å². The number of hydrogen-bond acceptors (Lipinski definition) is 4. The van der Waals surface area contributed by atoms with Crippen molar-refractivity contribution in [1.82, 2.24) is 4.72 Å². The van der Waals surface area contributed by atoms with Crippen LogP contribution in [0.4, 0.5) is 0 Å². The molecular weight excluding hydrogens is 270 g/mol. The molecule has 1 rings (SSSR count). The molecule has 7 heteroatoms. The number of carboxylic acids is 1. The highest BCUT2D eigenvalue weighted by Crippen LogP contribution is 2.03. The van der Waals surface area contributed by atoms with E-state index in [9.17, 15) is 18.3 Å². The molecule has 2 atom stereocenters. The topological polar surface area (TPSA) is 104 Å². The summed E-state index contributed by atoms with van der Waals surface area (Å²) in [4.78, 5) is 10.8. The smallest absolute Gasteiger partial charge is 0.324 e. The van der Waals surface area contributed by atoms with Crippen LogP contribution in [0.15, 0.2) is 30.3 Å². The fraction of sp³-hybridized carbons (Fsp3) is 0.417. The van der Waals surface area contributed by atoms with E-state index >= 15 is 0 Å². The molecule has 1 aromatic rings. The fourth-order valence-corrected chi connectivity index (χ4v) is 2.81. The molecule has 0 aromatic heterocycles. The monoisotopic (exact) mass is 287 g/mol. The second-order valence-electron chi connectivity index (χ2n) is 4.23. The first-order chi connectivity index (χ1) is 8.82. The van der Waals surface area contributed by atoms with Gasteiger partial charge in [-0.2, -0.15) is 4.72 Å². The molecule has 0 spiro atoms. The number of aryl methyl sites for hydroxylation is 1. The number of hydrogen-bond donors (Lipinski definition) is 3. The van der Waals surface area contributed by atoms with Crippen molar-refractivity contribution in [1.29, 1.82) is 0 Å². The summed E-state index contributed by atoms with van der Waals surface area (Å²) >= 11 is 0. The van der Waals surface area contributed by atoms with E-state index in [0.717, 1.165) is 5.56 Å². The van der Waals surface area contributed by atoms with Gasteiger partial charge in [0.15, 0.2) is 0 Å². The van der Waals surface area contributed by atoms with Crippen molar-refractivity contribution in [2.45, 2.75) is 25.5 Å². The molecule has 0 amide bonds. The normalized spacial score (nSPS) is 14.8. The first kappa shape index (κ1) is 15.6. The zero-order valence-electron chi connectivity index (χ0n) is 10.5. The Morgan fingerprint density at radius 3 is 2.37 bits per heavy atom. The zero-order valence-corrected chi connectivity index (χ0v) is 11.3. The van der Waals surface area contributed by atoms with Gasteiger partial charge in [0.2, 0.25) is 10.0 Å². The minimum atomic E-state index is -3.76. The number of aliphatic hydroxyl groups excluding tert-OH is 1. The molecule has 0 fully saturated rings. The first-order valence-electron chi connectivity index (χ1n) is 5.76. The van der Waals surface area contributed by atoms with Gasteiger partial charge in [-0.25, -0.2) is 8.42 Å². The molecule has 0 saturated carbocycles. The standard InChI is InChI=1S/C12H17NO5S/c1-9(14)11(12(15)16)13-19(17,18)8-7-10-5-3-2-4-6-10/h2-6,9,11,13-14H,7-8H2,1H3,(H,15,16)/t9-,11-/m0/s1. The first-order valence-corrected chi connectivity index (χ1v) is 7.42. The summed E-state index contributed by atoms with van der Waals surface area (Å²) < 4.78 is 25.5. The van der Waals surface area contributed by atoms with Crippen LogP contribution in [0.3, 0.4) is 0 Å². The van der Waals surface area contributed by atoms with Crippen molar-refractivity contribution in [2.75, 3.05) is 5.75 Å².